The number of primary amides is 1. The molecule has 3 nitrogen and oxygen atoms in total. The summed E-state index contributed by atoms with van der Waals surface area (Å²) < 4.78 is 13.5. The van der Waals surface area contributed by atoms with Crippen molar-refractivity contribution in [3.8, 4) is 0 Å². The highest BCUT2D eigenvalue weighted by atomic mass is 19.1. The fourth-order valence-electron chi connectivity index (χ4n) is 2.11. The van der Waals surface area contributed by atoms with Crippen LogP contribution in [-0.2, 0) is 10.2 Å². The summed E-state index contributed by atoms with van der Waals surface area (Å²) in [6.07, 6.45) is 0. The Labute approximate surface area is 87.5 Å². The molecule has 1 aliphatic rings. The second-order valence-electron chi connectivity index (χ2n) is 4.36. The zero-order valence-corrected chi connectivity index (χ0v) is 8.67. The minimum absolute atomic E-state index is 0.343. The number of hydrogen-bond acceptors (Lipinski definition) is 2. The van der Waals surface area contributed by atoms with Crippen molar-refractivity contribution in [2.45, 2.75) is 25.3 Å². The zero-order chi connectivity index (χ0) is 11.2. The molecule has 0 bridgehead atoms. The second kappa shape index (κ2) is 2.95. The predicted octanol–water partition coefficient (Wildman–Crippen LogP) is 1.38. The van der Waals surface area contributed by atoms with Crippen LogP contribution < -0.4 is 11.1 Å². The third-order valence-electron chi connectivity index (χ3n) is 3.00. The number of para-hydroxylation sites is 1. The van der Waals surface area contributed by atoms with Gasteiger partial charge >= 0.3 is 0 Å². The van der Waals surface area contributed by atoms with Crippen LogP contribution in [-0.4, -0.2) is 11.9 Å². The highest BCUT2D eigenvalue weighted by Crippen LogP contribution is 2.41. The number of halogens is 1. The molecule has 0 aromatic heterocycles. The summed E-state index contributed by atoms with van der Waals surface area (Å²) in [5.74, 6) is -0.806. The molecule has 2 rings (SSSR count). The molecule has 1 aromatic carbocycles. The van der Waals surface area contributed by atoms with Crippen LogP contribution in [0.5, 0.6) is 0 Å². The first kappa shape index (κ1) is 9.96. The zero-order valence-electron chi connectivity index (χ0n) is 8.67. The Morgan fingerprint density at radius 2 is 2.20 bits per heavy atom. The van der Waals surface area contributed by atoms with Gasteiger partial charge in [-0.1, -0.05) is 26.0 Å². The minimum Gasteiger partial charge on any atom is -0.370 e. The number of nitrogens with two attached hydrogens (primary N) is 1. The smallest absolute Gasteiger partial charge is 0.240 e. The lowest BCUT2D eigenvalue weighted by Crippen LogP contribution is -2.44. The summed E-state index contributed by atoms with van der Waals surface area (Å²) in [5.41, 5.74) is 6.00. The van der Waals surface area contributed by atoms with E-state index in [1.165, 1.54) is 6.07 Å². The quantitative estimate of drug-likeness (QED) is 0.732. The monoisotopic (exact) mass is 208 g/mol. The largest absolute Gasteiger partial charge is 0.370 e. The number of rotatable bonds is 1. The predicted molar refractivity (Wildman–Crippen MR) is 56.0 cm³/mol. The molecule has 15 heavy (non-hydrogen) atoms. The molecule has 0 spiro atoms. The number of amides is 1. The fourth-order valence-corrected chi connectivity index (χ4v) is 2.11. The second-order valence-corrected chi connectivity index (χ2v) is 4.36. The summed E-state index contributed by atoms with van der Waals surface area (Å²) in [7, 11) is 0. The molecule has 1 aromatic rings. The van der Waals surface area contributed by atoms with Crippen LogP contribution in [0.1, 0.15) is 19.4 Å². The maximum absolute atomic E-state index is 13.5. The number of fused-ring (bicyclic) bond motifs is 1. The summed E-state index contributed by atoms with van der Waals surface area (Å²) in [5, 5.41) is 2.84. The SMILES string of the molecule is CC1(C)c2cccc(F)c2NC1C(N)=O. The van der Waals surface area contributed by atoms with Crippen molar-refractivity contribution in [1.29, 1.82) is 0 Å². The van der Waals surface area contributed by atoms with Crippen molar-refractivity contribution in [2.75, 3.05) is 5.32 Å². The van der Waals surface area contributed by atoms with E-state index in [0.717, 1.165) is 5.56 Å². The Kier molecular flexibility index (Phi) is 1.96. The first-order valence-corrected chi connectivity index (χ1v) is 4.79. The summed E-state index contributed by atoms with van der Waals surface area (Å²) in [6, 6.07) is 4.27. The van der Waals surface area contributed by atoms with Crippen LogP contribution in [0.4, 0.5) is 10.1 Å². The number of carbonyl (C=O) groups is 1. The van der Waals surface area contributed by atoms with Gasteiger partial charge in [-0.15, -0.1) is 0 Å². The van der Waals surface area contributed by atoms with Crippen LogP contribution in [0, 0.1) is 5.82 Å². The molecule has 4 heteroatoms. The molecule has 1 unspecified atom stereocenters. The van der Waals surface area contributed by atoms with Gasteiger partial charge in [0.15, 0.2) is 0 Å². The molecule has 3 N–H and O–H groups in total. The van der Waals surface area contributed by atoms with E-state index in [1.807, 2.05) is 19.9 Å². The van der Waals surface area contributed by atoms with E-state index in [1.54, 1.807) is 6.07 Å². The molecule has 0 aliphatic carbocycles. The molecule has 1 atom stereocenters. The Bertz CT molecular complexity index is 429. The number of benzene rings is 1. The van der Waals surface area contributed by atoms with Crippen LogP contribution in [0.25, 0.3) is 0 Å². The third kappa shape index (κ3) is 1.28. The highest BCUT2D eigenvalue weighted by Gasteiger charge is 2.43. The van der Waals surface area contributed by atoms with E-state index in [-0.39, 0.29) is 5.82 Å². The normalized spacial score (nSPS) is 21.9. The summed E-state index contributed by atoms with van der Waals surface area (Å²) in [6.45, 7) is 3.75. The van der Waals surface area contributed by atoms with Gasteiger partial charge in [-0.25, -0.2) is 4.39 Å². The standard InChI is InChI=1S/C11H13FN2O/c1-11(2)6-4-3-5-7(12)8(6)14-9(11)10(13)15/h3-5,9,14H,1-2H3,(H2,13,15). The van der Waals surface area contributed by atoms with Gasteiger partial charge in [0.05, 0.1) is 5.69 Å². The first-order chi connectivity index (χ1) is 6.94. The maximum atomic E-state index is 13.5. The van der Waals surface area contributed by atoms with Crippen LogP contribution in [0.15, 0.2) is 18.2 Å². The van der Waals surface area contributed by atoms with Crippen molar-refractivity contribution < 1.29 is 9.18 Å². The molecule has 80 valence electrons. The van der Waals surface area contributed by atoms with Gasteiger partial charge in [-0.2, -0.15) is 0 Å². The van der Waals surface area contributed by atoms with Crippen molar-refractivity contribution in [3.63, 3.8) is 0 Å². The first-order valence-electron chi connectivity index (χ1n) is 4.79. The Hall–Kier alpha value is -1.58. The summed E-state index contributed by atoms with van der Waals surface area (Å²) >= 11 is 0. The van der Waals surface area contributed by atoms with Gasteiger partial charge < -0.3 is 11.1 Å². The van der Waals surface area contributed by atoms with Crippen LogP contribution in [0.3, 0.4) is 0 Å². The Morgan fingerprint density at radius 1 is 1.53 bits per heavy atom. The molecule has 1 heterocycles. The van der Waals surface area contributed by atoms with E-state index in [9.17, 15) is 9.18 Å². The highest BCUT2D eigenvalue weighted by molar-refractivity contribution is 5.88. The molecule has 0 fully saturated rings. The van der Waals surface area contributed by atoms with E-state index in [0.29, 0.717) is 5.69 Å². The van der Waals surface area contributed by atoms with Crippen molar-refractivity contribution in [2.24, 2.45) is 5.73 Å². The average Bonchev–Trinajstić information content (AvgIpc) is 2.40. The van der Waals surface area contributed by atoms with Gasteiger partial charge in [-0.05, 0) is 11.6 Å². The molecular formula is C11H13FN2O. The fraction of sp³-hybridized carbons (Fsp3) is 0.364. The van der Waals surface area contributed by atoms with E-state index >= 15 is 0 Å². The lowest BCUT2D eigenvalue weighted by Gasteiger charge is -2.24. The number of hydrogen-bond donors (Lipinski definition) is 2. The lowest BCUT2D eigenvalue weighted by atomic mass is 9.80. The number of anilines is 1. The van der Waals surface area contributed by atoms with E-state index in [4.69, 9.17) is 5.73 Å². The van der Waals surface area contributed by atoms with E-state index in [2.05, 4.69) is 5.32 Å². The Balaban J connectivity index is 2.56. The van der Waals surface area contributed by atoms with Crippen molar-refractivity contribution >= 4 is 11.6 Å². The number of carbonyl (C=O) groups excluding carboxylic acids is 1. The molecule has 1 aliphatic heterocycles. The van der Waals surface area contributed by atoms with Crippen LogP contribution >= 0.6 is 0 Å². The molecule has 0 saturated heterocycles. The van der Waals surface area contributed by atoms with Crippen molar-refractivity contribution in [1.82, 2.24) is 0 Å². The van der Waals surface area contributed by atoms with Crippen LogP contribution in [0.2, 0.25) is 0 Å². The molecular weight excluding hydrogens is 195 g/mol. The topological polar surface area (TPSA) is 55.1 Å². The van der Waals surface area contributed by atoms with Gasteiger partial charge in [0.2, 0.25) is 5.91 Å². The van der Waals surface area contributed by atoms with Crippen molar-refractivity contribution in [3.05, 3.63) is 29.6 Å². The van der Waals surface area contributed by atoms with Gasteiger partial charge in [-0.3, -0.25) is 4.79 Å². The minimum atomic E-state index is -0.551. The molecule has 0 saturated carbocycles. The lowest BCUT2D eigenvalue weighted by molar-refractivity contribution is -0.119. The maximum Gasteiger partial charge on any atom is 0.240 e. The number of nitrogens with one attached hydrogen (secondary N) is 1. The van der Waals surface area contributed by atoms with Gasteiger partial charge in [0, 0.05) is 5.41 Å². The Morgan fingerprint density at radius 3 is 2.73 bits per heavy atom. The van der Waals surface area contributed by atoms with Gasteiger partial charge in [0.25, 0.3) is 0 Å². The summed E-state index contributed by atoms with van der Waals surface area (Å²) in [4.78, 5) is 11.2. The molecule has 1 amide bonds. The van der Waals surface area contributed by atoms with E-state index < -0.39 is 17.4 Å². The van der Waals surface area contributed by atoms with Gasteiger partial charge in [0.1, 0.15) is 11.9 Å². The molecule has 0 radical (unpaired) electrons. The average molecular weight is 208 g/mol. The third-order valence-corrected chi connectivity index (χ3v) is 3.00.